The summed E-state index contributed by atoms with van der Waals surface area (Å²) in [4.78, 5) is 4.66. The maximum atomic E-state index is 5.98. The van der Waals surface area contributed by atoms with E-state index in [4.69, 9.17) is 11.6 Å². The molecule has 2 N–H and O–H groups in total. The number of guanidine groups is 1. The molecule has 0 amide bonds. The van der Waals surface area contributed by atoms with Gasteiger partial charge in [0.25, 0.3) is 0 Å². The number of hydrogen-bond donors (Lipinski definition) is 2. The third-order valence-electron chi connectivity index (χ3n) is 3.21. The lowest BCUT2D eigenvalue weighted by atomic mass is 10.1. The fourth-order valence-electron chi connectivity index (χ4n) is 2.18. The van der Waals surface area contributed by atoms with E-state index in [0.29, 0.717) is 6.54 Å². The van der Waals surface area contributed by atoms with Gasteiger partial charge in [0, 0.05) is 30.5 Å². The molecule has 1 aromatic carbocycles. The smallest absolute Gasteiger partial charge is 0.191 e. The van der Waals surface area contributed by atoms with Crippen molar-refractivity contribution < 1.29 is 0 Å². The highest BCUT2D eigenvalue weighted by Crippen LogP contribution is 2.20. The van der Waals surface area contributed by atoms with Gasteiger partial charge in [0.15, 0.2) is 5.96 Å². The number of rotatable bonds is 6. The first kappa shape index (κ1) is 16.4. The quantitative estimate of drug-likeness (QED) is 0.636. The Labute approximate surface area is 136 Å². The van der Waals surface area contributed by atoms with Crippen molar-refractivity contribution in [2.75, 3.05) is 19.6 Å². The molecule has 0 fully saturated rings. The number of benzene rings is 1. The number of hydrogen-bond acceptors (Lipinski definition) is 2. The molecule has 2 rings (SSSR count). The van der Waals surface area contributed by atoms with Gasteiger partial charge >= 0.3 is 0 Å². The fraction of sp³-hybridized carbons (Fsp3) is 0.375. The van der Waals surface area contributed by atoms with E-state index in [2.05, 4.69) is 34.6 Å². The molecular formula is C16H22ClN5. The van der Waals surface area contributed by atoms with E-state index < -0.39 is 0 Å². The van der Waals surface area contributed by atoms with Crippen molar-refractivity contribution in [2.24, 2.45) is 4.99 Å². The van der Waals surface area contributed by atoms with Crippen molar-refractivity contribution >= 4 is 17.6 Å². The summed E-state index contributed by atoms with van der Waals surface area (Å²) >= 11 is 5.98. The topological polar surface area (TPSA) is 54.2 Å². The van der Waals surface area contributed by atoms with Gasteiger partial charge < -0.3 is 10.6 Å². The highest BCUT2D eigenvalue weighted by Gasteiger charge is 2.14. The van der Waals surface area contributed by atoms with Crippen LogP contribution in [0.3, 0.4) is 0 Å². The summed E-state index contributed by atoms with van der Waals surface area (Å²) in [6.07, 6.45) is 3.73. The van der Waals surface area contributed by atoms with Crippen LogP contribution in [0.2, 0.25) is 5.02 Å². The second-order valence-electron chi connectivity index (χ2n) is 4.80. The largest absolute Gasteiger partial charge is 0.357 e. The van der Waals surface area contributed by atoms with Gasteiger partial charge in [0.2, 0.25) is 0 Å². The summed E-state index contributed by atoms with van der Waals surface area (Å²) in [5.74, 6) is 0.816. The van der Waals surface area contributed by atoms with Crippen LogP contribution >= 0.6 is 11.6 Å². The van der Waals surface area contributed by atoms with Crippen LogP contribution in [0.4, 0.5) is 0 Å². The van der Waals surface area contributed by atoms with Gasteiger partial charge in [-0.2, -0.15) is 5.10 Å². The van der Waals surface area contributed by atoms with E-state index in [1.165, 1.54) is 0 Å². The van der Waals surface area contributed by atoms with E-state index in [9.17, 15) is 0 Å². The lowest BCUT2D eigenvalue weighted by molar-refractivity contribution is 0.531. The van der Waals surface area contributed by atoms with Crippen LogP contribution < -0.4 is 10.6 Å². The van der Waals surface area contributed by atoms with Crippen molar-refractivity contribution in [3.8, 4) is 0 Å². The van der Waals surface area contributed by atoms with Crippen molar-refractivity contribution in [3.63, 3.8) is 0 Å². The molecular weight excluding hydrogens is 298 g/mol. The second-order valence-corrected chi connectivity index (χ2v) is 5.24. The first-order chi connectivity index (χ1) is 10.7. The normalized spacial score (nSPS) is 11.8. The van der Waals surface area contributed by atoms with Crippen LogP contribution in [0.15, 0.2) is 47.7 Å². The van der Waals surface area contributed by atoms with Crippen LogP contribution in [0.25, 0.3) is 0 Å². The molecule has 2 aromatic rings. The van der Waals surface area contributed by atoms with Crippen LogP contribution in [-0.4, -0.2) is 35.4 Å². The zero-order valence-corrected chi connectivity index (χ0v) is 13.7. The van der Waals surface area contributed by atoms with E-state index in [-0.39, 0.29) is 6.04 Å². The number of nitrogens with zero attached hydrogens (tertiary/aromatic N) is 3. The first-order valence-corrected chi connectivity index (χ1v) is 7.89. The van der Waals surface area contributed by atoms with Crippen molar-refractivity contribution in [3.05, 3.63) is 53.3 Å². The molecule has 1 aromatic heterocycles. The Kier molecular flexibility index (Phi) is 6.27. The zero-order valence-electron chi connectivity index (χ0n) is 13.0. The molecule has 0 saturated heterocycles. The van der Waals surface area contributed by atoms with Crippen molar-refractivity contribution in [1.29, 1.82) is 0 Å². The first-order valence-electron chi connectivity index (χ1n) is 7.51. The standard InChI is InChI=1S/C16H22ClN5/c1-3-18-16(19-4-2)20-12-15(22-11-5-10-21-22)13-6-8-14(17)9-7-13/h5-11,15H,3-4,12H2,1-2H3,(H2,18,19,20). The molecule has 0 spiro atoms. The molecule has 0 saturated carbocycles. The molecule has 0 aliphatic carbocycles. The molecule has 118 valence electrons. The maximum absolute atomic E-state index is 5.98. The van der Waals surface area contributed by atoms with Crippen molar-refractivity contribution in [1.82, 2.24) is 20.4 Å². The zero-order chi connectivity index (χ0) is 15.8. The molecule has 22 heavy (non-hydrogen) atoms. The van der Waals surface area contributed by atoms with Gasteiger partial charge in [0.05, 0.1) is 12.6 Å². The molecule has 0 aliphatic heterocycles. The van der Waals surface area contributed by atoms with Crippen molar-refractivity contribution in [2.45, 2.75) is 19.9 Å². The van der Waals surface area contributed by atoms with Gasteiger partial charge in [0.1, 0.15) is 0 Å². The van der Waals surface area contributed by atoms with Gasteiger partial charge in [-0.05, 0) is 37.6 Å². The molecule has 1 unspecified atom stereocenters. The van der Waals surface area contributed by atoms with E-state index in [0.717, 1.165) is 29.6 Å². The number of aromatic nitrogens is 2. The third-order valence-corrected chi connectivity index (χ3v) is 3.46. The Bertz CT molecular complexity index is 569. The minimum Gasteiger partial charge on any atom is -0.357 e. The number of halogens is 1. The summed E-state index contributed by atoms with van der Waals surface area (Å²) < 4.78 is 1.92. The summed E-state index contributed by atoms with van der Waals surface area (Å²) in [5, 5.41) is 11.6. The van der Waals surface area contributed by atoms with Gasteiger partial charge in [-0.3, -0.25) is 9.67 Å². The van der Waals surface area contributed by atoms with Gasteiger partial charge in [-0.25, -0.2) is 0 Å². The van der Waals surface area contributed by atoms with E-state index in [1.807, 2.05) is 41.2 Å². The van der Waals surface area contributed by atoms with Crippen LogP contribution in [0, 0.1) is 0 Å². The predicted octanol–water partition coefficient (Wildman–Crippen LogP) is 2.70. The highest BCUT2D eigenvalue weighted by atomic mass is 35.5. The summed E-state index contributed by atoms with van der Waals surface area (Å²) in [5.41, 5.74) is 1.13. The minimum absolute atomic E-state index is 0.0413. The molecule has 0 bridgehead atoms. The van der Waals surface area contributed by atoms with Crippen LogP contribution in [-0.2, 0) is 0 Å². The Hall–Kier alpha value is -2.01. The van der Waals surface area contributed by atoms with Crippen LogP contribution in [0.1, 0.15) is 25.5 Å². The second kappa shape index (κ2) is 8.44. The molecule has 6 heteroatoms. The fourth-order valence-corrected chi connectivity index (χ4v) is 2.30. The third kappa shape index (κ3) is 4.49. The lowest BCUT2D eigenvalue weighted by Gasteiger charge is -2.17. The summed E-state index contributed by atoms with van der Waals surface area (Å²) in [6.45, 7) is 6.37. The average Bonchev–Trinajstić information content (AvgIpc) is 3.04. The molecule has 0 radical (unpaired) electrons. The Balaban J connectivity index is 2.22. The van der Waals surface area contributed by atoms with Crippen LogP contribution in [0.5, 0.6) is 0 Å². The monoisotopic (exact) mass is 319 g/mol. The number of nitrogens with one attached hydrogen (secondary N) is 2. The molecule has 0 aliphatic rings. The SMILES string of the molecule is CCNC(=NCC(c1ccc(Cl)cc1)n1cccn1)NCC. The molecule has 1 atom stereocenters. The Morgan fingerprint density at radius 1 is 1.23 bits per heavy atom. The maximum Gasteiger partial charge on any atom is 0.191 e. The van der Waals surface area contributed by atoms with Gasteiger partial charge in [-0.1, -0.05) is 23.7 Å². The number of aliphatic imine (C=N–C) groups is 1. The Morgan fingerprint density at radius 2 is 1.91 bits per heavy atom. The predicted molar refractivity (Wildman–Crippen MR) is 91.5 cm³/mol. The van der Waals surface area contributed by atoms with E-state index in [1.54, 1.807) is 6.20 Å². The Morgan fingerprint density at radius 3 is 2.45 bits per heavy atom. The summed E-state index contributed by atoms with van der Waals surface area (Å²) in [7, 11) is 0. The van der Waals surface area contributed by atoms with E-state index >= 15 is 0 Å². The molecule has 1 heterocycles. The summed E-state index contributed by atoms with van der Waals surface area (Å²) in [6, 6.07) is 9.79. The lowest BCUT2D eigenvalue weighted by Crippen LogP contribution is -2.37. The minimum atomic E-state index is 0.0413. The highest BCUT2D eigenvalue weighted by molar-refractivity contribution is 6.30. The molecule has 5 nitrogen and oxygen atoms in total. The van der Waals surface area contributed by atoms with Gasteiger partial charge in [-0.15, -0.1) is 0 Å². The average molecular weight is 320 g/mol.